The van der Waals surface area contributed by atoms with Crippen molar-refractivity contribution in [3.63, 3.8) is 0 Å². The van der Waals surface area contributed by atoms with Gasteiger partial charge in [0.25, 0.3) is 10.0 Å². The molecule has 0 N–H and O–H groups in total. The van der Waals surface area contributed by atoms with Crippen molar-refractivity contribution in [3.05, 3.63) is 53.1 Å². The molecule has 0 fully saturated rings. The Bertz CT molecular complexity index is 842. The topological polar surface area (TPSA) is 46.6 Å². The van der Waals surface area contributed by atoms with Crippen LogP contribution in [0.5, 0.6) is 5.75 Å². The zero-order valence-corrected chi connectivity index (χ0v) is 15.9. The van der Waals surface area contributed by atoms with Gasteiger partial charge in [-0.05, 0) is 75.6 Å². The molecule has 0 unspecified atom stereocenters. The van der Waals surface area contributed by atoms with Gasteiger partial charge in [-0.25, -0.2) is 8.42 Å². The van der Waals surface area contributed by atoms with Gasteiger partial charge in [-0.2, -0.15) is 0 Å². The van der Waals surface area contributed by atoms with Gasteiger partial charge in [0.2, 0.25) is 0 Å². The fourth-order valence-corrected chi connectivity index (χ4v) is 4.57. The molecule has 2 aromatic carbocycles. The Kier molecular flexibility index (Phi) is 5.23. The number of benzene rings is 2. The molecule has 0 aromatic heterocycles. The van der Waals surface area contributed by atoms with Crippen LogP contribution in [0, 0.1) is 20.8 Å². The van der Waals surface area contributed by atoms with Crippen LogP contribution in [0.4, 0.5) is 5.69 Å². The largest absolute Gasteiger partial charge is 0.496 e. The minimum atomic E-state index is -3.66. The first-order valence-electron chi connectivity index (χ1n) is 7.94. The first-order chi connectivity index (χ1) is 11.2. The molecule has 0 atom stereocenters. The van der Waals surface area contributed by atoms with E-state index >= 15 is 0 Å². The van der Waals surface area contributed by atoms with Crippen molar-refractivity contribution in [3.8, 4) is 5.75 Å². The zero-order chi connectivity index (χ0) is 18.1. The van der Waals surface area contributed by atoms with E-state index in [4.69, 9.17) is 4.74 Å². The van der Waals surface area contributed by atoms with Crippen molar-refractivity contribution in [1.82, 2.24) is 0 Å². The maximum absolute atomic E-state index is 13.3. The van der Waals surface area contributed by atoms with Crippen molar-refractivity contribution in [2.24, 2.45) is 0 Å². The molecular formula is C19H25NO3S. The van der Waals surface area contributed by atoms with Crippen LogP contribution in [0.15, 0.2) is 41.3 Å². The Hall–Kier alpha value is -2.01. The standard InChI is InChI=1S/C19H25NO3S/c1-13(2)20(18-11-14(3)7-8-15(18)4)24(21,22)17-9-10-19(23-6)16(5)12-17/h7-13H,1-6H3. The number of sulfonamides is 1. The Balaban J connectivity index is 2.62. The molecule has 0 saturated carbocycles. The SMILES string of the molecule is COc1ccc(S(=O)(=O)N(c2cc(C)ccc2C)C(C)C)cc1C. The summed E-state index contributed by atoms with van der Waals surface area (Å²) in [4.78, 5) is 0.274. The molecule has 0 spiro atoms. The zero-order valence-electron chi connectivity index (χ0n) is 15.1. The van der Waals surface area contributed by atoms with Crippen LogP contribution in [0.3, 0.4) is 0 Å². The van der Waals surface area contributed by atoms with Crippen molar-refractivity contribution in [2.45, 2.75) is 45.6 Å². The van der Waals surface area contributed by atoms with Crippen LogP contribution >= 0.6 is 0 Å². The van der Waals surface area contributed by atoms with Gasteiger partial charge in [0.1, 0.15) is 5.75 Å². The molecule has 0 amide bonds. The van der Waals surface area contributed by atoms with E-state index < -0.39 is 10.0 Å². The van der Waals surface area contributed by atoms with Gasteiger partial charge in [-0.15, -0.1) is 0 Å². The summed E-state index contributed by atoms with van der Waals surface area (Å²) in [7, 11) is -2.09. The molecule has 2 rings (SSSR count). The van der Waals surface area contributed by atoms with Gasteiger partial charge in [-0.1, -0.05) is 12.1 Å². The number of hydrogen-bond acceptors (Lipinski definition) is 3. The number of ether oxygens (including phenoxy) is 1. The maximum atomic E-state index is 13.3. The van der Waals surface area contributed by atoms with Crippen molar-refractivity contribution >= 4 is 15.7 Å². The molecule has 24 heavy (non-hydrogen) atoms. The van der Waals surface area contributed by atoms with E-state index in [0.29, 0.717) is 5.75 Å². The van der Waals surface area contributed by atoms with Crippen LogP contribution < -0.4 is 9.04 Å². The molecule has 0 bridgehead atoms. The summed E-state index contributed by atoms with van der Waals surface area (Å²) in [6.07, 6.45) is 0. The van der Waals surface area contributed by atoms with Crippen LogP contribution in [0.1, 0.15) is 30.5 Å². The number of rotatable bonds is 5. The number of aryl methyl sites for hydroxylation is 3. The average molecular weight is 347 g/mol. The van der Waals surface area contributed by atoms with Gasteiger partial charge in [0, 0.05) is 6.04 Å². The van der Waals surface area contributed by atoms with E-state index in [0.717, 1.165) is 22.4 Å². The molecule has 2 aromatic rings. The fraction of sp³-hybridized carbons (Fsp3) is 0.368. The lowest BCUT2D eigenvalue weighted by Gasteiger charge is -2.30. The molecule has 0 saturated heterocycles. The highest BCUT2D eigenvalue weighted by Gasteiger charge is 2.29. The molecule has 0 aliphatic rings. The van der Waals surface area contributed by atoms with E-state index in [9.17, 15) is 8.42 Å². The Labute approximate surface area is 145 Å². The molecule has 0 aliphatic carbocycles. The number of anilines is 1. The first kappa shape index (κ1) is 18.3. The van der Waals surface area contributed by atoms with E-state index in [-0.39, 0.29) is 10.9 Å². The van der Waals surface area contributed by atoms with Gasteiger partial charge < -0.3 is 4.74 Å². The summed E-state index contributed by atoms with van der Waals surface area (Å²) in [6.45, 7) is 9.51. The lowest BCUT2D eigenvalue weighted by Crippen LogP contribution is -2.37. The molecule has 0 heterocycles. The lowest BCUT2D eigenvalue weighted by molar-refractivity contribution is 0.411. The molecule has 0 aliphatic heterocycles. The van der Waals surface area contributed by atoms with Crippen molar-refractivity contribution in [2.75, 3.05) is 11.4 Å². The molecular weight excluding hydrogens is 322 g/mol. The quantitative estimate of drug-likeness (QED) is 0.813. The third kappa shape index (κ3) is 3.41. The smallest absolute Gasteiger partial charge is 0.264 e. The summed E-state index contributed by atoms with van der Waals surface area (Å²) < 4.78 is 33.3. The fourth-order valence-electron chi connectivity index (χ4n) is 2.77. The second-order valence-corrected chi connectivity index (χ2v) is 8.13. The minimum absolute atomic E-state index is 0.196. The second-order valence-electron chi connectivity index (χ2n) is 6.32. The predicted molar refractivity (Wildman–Crippen MR) is 98.4 cm³/mol. The number of methoxy groups -OCH3 is 1. The van der Waals surface area contributed by atoms with Crippen LogP contribution in [0.2, 0.25) is 0 Å². The van der Waals surface area contributed by atoms with E-state index in [1.165, 1.54) is 4.31 Å². The lowest BCUT2D eigenvalue weighted by atomic mass is 10.1. The van der Waals surface area contributed by atoms with E-state index in [1.807, 2.05) is 52.8 Å². The monoisotopic (exact) mass is 347 g/mol. The third-order valence-electron chi connectivity index (χ3n) is 3.99. The minimum Gasteiger partial charge on any atom is -0.496 e. The van der Waals surface area contributed by atoms with Crippen LogP contribution in [-0.2, 0) is 10.0 Å². The van der Waals surface area contributed by atoms with Gasteiger partial charge in [0.05, 0.1) is 17.7 Å². The molecule has 0 radical (unpaired) electrons. The number of hydrogen-bond donors (Lipinski definition) is 0. The predicted octanol–water partition coefficient (Wildman–Crippen LogP) is 4.22. The Morgan fingerprint density at radius 1 is 0.958 bits per heavy atom. The molecule has 4 nitrogen and oxygen atoms in total. The van der Waals surface area contributed by atoms with Gasteiger partial charge in [0.15, 0.2) is 0 Å². The van der Waals surface area contributed by atoms with E-state index in [1.54, 1.807) is 25.3 Å². The number of nitrogens with zero attached hydrogens (tertiary/aromatic N) is 1. The second kappa shape index (κ2) is 6.85. The van der Waals surface area contributed by atoms with Crippen molar-refractivity contribution < 1.29 is 13.2 Å². The van der Waals surface area contributed by atoms with Crippen LogP contribution in [-0.4, -0.2) is 21.6 Å². The Morgan fingerprint density at radius 2 is 1.62 bits per heavy atom. The normalized spacial score (nSPS) is 11.6. The summed E-state index contributed by atoms with van der Waals surface area (Å²) in [6, 6.07) is 10.6. The highest BCUT2D eigenvalue weighted by Crippen LogP contribution is 2.31. The average Bonchev–Trinajstić information content (AvgIpc) is 2.50. The Morgan fingerprint density at radius 3 is 2.17 bits per heavy atom. The maximum Gasteiger partial charge on any atom is 0.264 e. The van der Waals surface area contributed by atoms with Crippen molar-refractivity contribution in [1.29, 1.82) is 0 Å². The van der Waals surface area contributed by atoms with Gasteiger partial charge in [-0.3, -0.25) is 4.31 Å². The van der Waals surface area contributed by atoms with Crippen LogP contribution in [0.25, 0.3) is 0 Å². The molecule has 130 valence electrons. The summed E-state index contributed by atoms with van der Waals surface area (Å²) in [5, 5.41) is 0. The molecule has 5 heteroatoms. The van der Waals surface area contributed by atoms with E-state index in [2.05, 4.69) is 0 Å². The summed E-state index contributed by atoms with van der Waals surface area (Å²) in [5.74, 6) is 0.678. The van der Waals surface area contributed by atoms with Gasteiger partial charge >= 0.3 is 0 Å². The summed E-state index contributed by atoms with van der Waals surface area (Å²) in [5.41, 5.74) is 3.48. The highest BCUT2D eigenvalue weighted by molar-refractivity contribution is 7.92. The highest BCUT2D eigenvalue weighted by atomic mass is 32.2. The summed E-state index contributed by atoms with van der Waals surface area (Å²) >= 11 is 0. The first-order valence-corrected chi connectivity index (χ1v) is 9.39. The third-order valence-corrected chi connectivity index (χ3v) is 5.98.